The van der Waals surface area contributed by atoms with Crippen molar-refractivity contribution in [1.29, 1.82) is 0 Å². The van der Waals surface area contributed by atoms with Crippen molar-refractivity contribution < 1.29 is 22.4 Å². The molecule has 2 amide bonds. The fourth-order valence-corrected chi connectivity index (χ4v) is 4.18. The SMILES string of the molecule is C[C@H](C(=O)NC(C)(C)C)N(Cc1ccc(F)cc1)C(=O)CN(c1ccc(Br)cc1)S(C)(=O)=O. The molecule has 0 fully saturated rings. The number of nitrogens with zero attached hydrogens (tertiary/aromatic N) is 2. The molecule has 33 heavy (non-hydrogen) atoms. The van der Waals surface area contributed by atoms with Gasteiger partial charge in [-0.1, -0.05) is 28.1 Å². The third-order valence-corrected chi connectivity index (χ3v) is 6.39. The molecule has 10 heteroatoms. The van der Waals surface area contributed by atoms with Crippen molar-refractivity contribution in [2.75, 3.05) is 17.1 Å². The lowest BCUT2D eigenvalue weighted by atomic mass is 10.1. The van der Waals surface area contributed by atoms with E-state index in [4.69, 9.17) is 0 Å². The highest BCUT2D eigenvalue weighted by molar-refractivity contribution is 9.10. The number of carbonyl (C=O) groups excluding carboxylic acids is 2. The number of hydrogen-bond donors (Lipinski definition) is 1. The van der Waals surface area contributed by atoms with Gasteiger partial charge >= 0.3 is 0 Å². The highest BCUT2D eigenvalue weighted by Gasteiger charge is 2.31. The summed E-state index contributed by atoms with van der Waals surface area (Å²) in [7, 11) is -3.79. The normalized spacial score (nSPS) is 12.7. The Labute approximate surface area is 203 Å². The Morgan fingerprint density at radius 2 is 1.61 bits per heavy atom. The molecule has 0 aliphatic rings. The van der Waals surface area contributed by atoms with Gasteiger partial charge in [0.15, 0.2) is 0 Å². The molecule has 0 unspecified atom stereocenters. The van der Waals surface area contributed by atoms with E-state index in [-0.39, 0.29) is 12.5 Å². The molecule has 0 heterocycles. The number of rotatable bonds is 8. The van der Waals surface area contributed by atoms with Gasteiger partial charge in [0.05, 0.1) is 11.9 Å². The Kier molecular flexibility index (Phi) is 8.64. The zero-order valence-corrected chi connectivity index (χ0v) is 21.7. The van der Waals surface area contributed by atoms with Crippen LogP contribution in [0.2, 0.25) is 0 Å². The van der Waals surface area contributed by atoms with Gasteiger partial charge in [-0.2, -0.15) is 0 Å². The Morgan fingerprint density at radius 3 is 2.09 bits per heavy atom. The topological polar surface area (TPSA) is 86.8 Å². The second-order valence-electron chi connectivity index (χ2n) is 8.81. The Morgan fingerprint density at radius 1 is 1.06 bits per heavy atom. The van der Waals surface area contributed by atoms with Crippen molar-refractivity contribution >= 4 is 43.5 Å². The summed E-state index contributed by atoms with van der Waals surface area (Å²) in [5.74, 6) is -1.37. The van der Waals surface area contributed by atoms with Crippen LogP contribution in [0.25, 0.3) is 0 Å². The van der Waals surface area contributed by atoms with E-state index >= 15 is 0 Å². The molecular formula is C23H29BrFN3O4S. The minimum absolute atomic E-state index is 0.00970. The predicted octanol–water partition coefficient (Wildman–Crippen LogP) is 3.69. The predicted molar refractivity (Wildman–Crippen MR) is 131 cm³/mol. The van der Waals surface area contributed by atoms with E-state index in [1.54, 1.807) is 31.2 Å². The molecule has 7 nitrogen and oxygen atoms in total. The molecule has 0 bridgehead atoms. The van der Waals surface area contributed by atoms with Crippen LogP contribution in [0.15, 0.2) is 53.0 Å². The quantitative estimate of drug-likeness (QED) is 0.552. The lowest BCUT2D eigenvalue weighted by Crippen LogP contribution is -2.54. The van der Waals surface area contributed by atoms with Gasteiger partial charge in [0.1, 0.15) is 18.4 Å². The van der Waals surface area contributed by atoms with Crippen molar-refractivity contribution in [2.24, 2.45) is 0 Å². The number of anilines is 1. The lowest BCUT2D eigenvalue weighted by molar-refractivity contribution is -0.140. The van der Waals surface area contributed by atoms with E-state index in [0.29, 0.717) is 11.3 Å². The number of hydrogen-bond acceptors (Lipinski definition) is 4. The molecule has 0 aliphatic heterocycles. The average molecular weight is 542 g/mol. The van der Waals surface area contributed by atoms with E-state index in [0.717, 1.165) is 15.0 Å². The molecule has 1 N–H and O–H groups in total. The van der Waals surface area contributed by atoms with Gasteiger partial charge < -0.3 is 10.2 Å². The van der Waals surface area contributed by atoms with Gasteiger partial charge in [0, 0.05) is 16.6 Å². The molecule has 0 saturated heterocycles. The maximum atomic E-state index is 13.4. The summed E-state index contributed by atoms with van der Waals surface area (Å²) in [6, 6.07) is 11.2. The summed E-state index contributed by atoms with van der Waals surface area (Å²) in [5, 5.41) is 2.84. The van der Waals surface area contributed by atoms with Crippen molar-refractivity contribution in [3.05, 3.63) is 64.4 Å². The second-order valence-corrected chi connectivity index (χ2v) is 11.6. The zero-order valence-electron chi connectivity index (χ0n) is 19.3. The van der Waals surface area contributed by atoms with Gasteiger partial charge in [-0.3, -0.25) is 13.9 Å². The van der Waals surface area contributed by atoms with E-state index < -0.39 is 39.9 Å². The van der Waals surface area contributed by atoms with Gasteiger partial charge in [-0.15, -0.1) is 0 Å². The minimum Gasteiger partial charge on any atom is -0.350 e. The maximum Gasteiger partial charge on any atom is 0.244 e. The van der Waals surface area contributed by atoms with Crippen LogP contribution >= 0.6 is 15.9 Å². The van der Waals surface area contributed by atoms with Crippen molar-refractivity contribution in [2.45, 2.75) is 45.8 Å². The van der Waals surface area contributed by atoms with E-state index in [1.807, 2.05) is 20.8 Å². The Hall–Kier alpha value is -2.46. The number of halogens is 2. The van der Waals surface area contributed by atoms with Crippen LogP contribution in [0.1, 0.15) is 33.3 Å². The van der Waals surface area contributed by atoms with Crippen molar-refractivity contribution in [3.8, 4) is 0 Å². The first-order valence-electron chi connectivity index (χ1n) is 10.3. The number of benzene rings is 2. The fraction of sp³-hybridized carbons (Fsp3) is 0.391. The van der Waals surface area contributed by atoms with Crippen LogP contribution in [0.3, 0.4) is 0 Å². The zero-order chi connectivity index (χ0) is 25.0. The molecule has 2 aromatic rings. The molecule has 1 atom stereocenters. The number of carbonyl (C=O) groups is 2. The third kappa shape index (κ3) is 8.12. The van der Waals surface area contributed by atoms with Crippen molar-refractivity contribution in [3.63, 3.8) is 0 Å². The largest absolute Gasteiger partial charge is 0.350 e. The van der Waals surface area contributed by atoms with Crippen LogP contribution in [0.5, 0.6) is 0 Å². The third-order valence-electron chi connectivity index (χ3n) is 4.73. The fourth-order valence-electron chi connectivity index (χ4n) is 3.06. The Bertz CT molecular complexity index is 1080. The molecule has 180 valence electrons. The molecule has 2 aromatic carbocycles. The Balaban J connectivity index is 2.38. The summed E-state index contributed by atoms with van der Waals surface area (Å²) in [5.41, 5.74) is 0.406. The van der Waals surface area contributed by atoms with Crippen LogP contribution < -0.4 is 9.62 Å². The van der Waals surface area contributed by atoms with Gasteiger partial charge in [0.2, 0.25) is 21.8 Å². The molecule has 0 aliphatic carbocycles. The molecule has 0 radical (unpaired) electrons. The smallest absolute Gasteiger partial charge is 0.244 e. The first-order valence-corrected chi connectivity index (χ1v) is 12.9. The van der Waals surface area contributed by atoms with Gasteiger partial charge in [-0.25, -0.2) is 12.8 Å². The van der Waals surface area contributed by atoms with E-state index in [2.05, 4.69) is 21.2 Å². The molecule has 2 rings (SSSR count). The molecule has 0 spiro atoms. The summed E-state index contributed by atoms with van der Waals surface area (Å²) in [6.07, 6.45) is 1.02. The van der Waals surface area contributed by atoms with E-state index in [1.165, 1.54) is 29.2 Å². The van der Waals surface area contributed by atoms with Crippen LogP contribution in [0, 0.1) is 5.82 Å². The van der Waals surface area contributed by atoms with Gasteiger partial charge in [-0.05, 0) is 69.7 Å². The first-order chi connectivity index (χ1) is 15.2. The monoisotopic (exact) mass is 541 g/mol. The number of nitrogens with one attached hydrogen (secondary N) is 1. The average Bonchev–Trinajstić information content (AvgIpc) is 2.69. The summed E-state index contributed by atoms with van der Waals surface area (Å²) >= 11 is 3.31. The summed E-state index contributed by atoms with van der Waals surface area (Å²) in [4.78, 5) is 27.5. The minimum atomic E-state index is -3.79. The lowest BCUT2D eigenvalue weighted by Gasteiger charge is -2.33. The highest BCUT2D eigenvalue weighted by atomic mass is 79.9. The van der Waals surface area contributed by atoms with E-state index in [9.17, 15) is 22.4 Å². The standard InChI is InChI=1S/C23H29BrFN3O4S/c1-16(22(30)26-23(2,3)4)27(14-17-6-10-19(25)11-7-17)21(29)15-28(33(5,31)32)20-12-8-18(24)9-13-20/h6-13,16H,14-15H2,1-5H3,(H,26,30)/t16-/m1/s1. The number of amides is 2. The molecule has 0 saturated carbocycles. The molecule has 0 aromatic heterocycles. The van der Waals surface area contributed by atoms with Crippen LogP contribution in [-0.4, -0.2) is 49.5 Å². The highest BCUT2D eigenvalue weighted by Crippen LogP contribution is 2.22. The maximum absolute atomic E-state index is 13.4. The summed E-state index contributed by atoms with van der Waals surface area (Å²) < 4.78 is 40.1. The first kappa shape index (κ1) is 26.8. The second kappa shape index (κ2) is 10.6. The summed E-state index contributed by atoms with van der Waals surface area (Å²) in [6.45, 7) is 6.56. The van der Waals surface area contributed by atoms with Crippen LogP contribution in [-0.2, 0) is 26.2 Å². The number of sulfonamides is 1. The van der Waals surface area contributed by atoms with Crippen LogP contribution in [0.4, 0.5) is 10.1 Å². The van der Waals surface area contributed by atoms with Crippen molar-refractivity contribution in [1.82, 2.24) is 10.2 Å². The molecular weight excluding hydrogens is 513 g/mol. The van der Waals surface area contributed by atoms with Gasteiger partial charge in [0.25, 0.3) is 0 Å².